The summed E-state index contributed by atoms with van der Waals surface area (Å²) in [5, 5.41) is 5.18. The molecule has 3 aromatic carbocycles. The number of carbonyl (C=O) groups excluding carboxylic acids is 2. The summed E-state index contributed by atoms with van der Waals surface area (Å²) in [6, 6.07) is 19.1. The van der Waals surface area contributed by atoms with Gasteiger partial charge in [-0.3, -0.25) is 14.5 Å². The Bertz CT molecular complexity index is 1200. The first kappa shape index (κ1) is 24.6. The van der Waals surface area contributed by atoms with E-state index in [0.717, 1.165) is 30.4 Å². The number of hydrogen-bond acceptors (Lipinski definition) is 6. The number of benzene rings is 3. The number of halogens is 1. The molecular weight excluding hydrogens is 470 g/mol. The normalized spacial score (nSPS) is 14.9. The lowest BCUT2D eigenvalue weighted by Gasteiger charge is -2.34. The van der Waals surface area contributed by atoms with Crippen molar-refractivity contribution in [2.24, 2.45) is 0 Å². The van der Waals surface area contributed by atoms with Gasteiger partial charge in [0.2, 0.25) is 6.79 Å². The Morgan fingerprint density at radius 1 is 0.886 bits per heavy atom. The first-order valence-corrected chi connectivity index (χ1v) is 11.5. The van der Waals surface area contributed by atoms with E-state index in [4.69, 9.17) is 14.2 Å². The van der Waals surface area contributed by atoms with Crippen LogP contribution in [0.1, 0.15) is 10.4 Å². The van der Waals surface area contributed by atoms with E-state index < -0.39 is 0 Å². The van der Waals surface area contributed by atoms with Gasteiger partial charge in [-0.1, -0.05) is 30.3 Å². The van der Waals surface area contributed by atoms with Gasteiger partial charge in [-0.15, -0.1) is 12.4 Å². The zero-order valence-electron chi connectivity index (χ0n) is 19.3. The van der Waals surface area contributed by atoms with Crippen LogP contribution in [0.4, 0.5) is 0 Å². The third-order valence-electron chi connectivity index (χ3n) is 6.16. The van der Waals surface area contributed by atoms with Crippen molar-refractivity contribution in [3.63, 3.8) is 0 Å². The molecule has 0 unspecified atom stereocenters. The number of rotatable bonds is 7. The van der Waals surface area contributed by atoms with Crippen molar-refractivity contribution in [2.75, 3.05) is 52.7 Å². The molecule has 184 valence electrons. The maximum Gasteiger partial charge on any atom is 0.260 e. The standard InChI is InChI=1S/C26H27N3O5.ClH/c30-25(17-32-22-7-5-19-3-1-2-4-20(19)15-22)29-13-11-28(12-14-29)10-9-27-26(31)21-6-8-23-24(16-21)34-18-33-23;/h1-8,15-16H,9-14,17-18H2,(H,27,31);1H. The summed E-state index contributed by atoms with van der Waals surface area (Å²) in [5.41, 5.74) is 0.547. The van der Waals surface area contributed by atoms with Gasteiger partial charge in [0, 0.05) is 44.8 Å². The summed E-state index contributed by atoms with van der Waals surface area (Å²) in [5.74, 6) is 1.80. The highest BCUT2D eigenvalue weighted by atomic mass is 35.5. The lowest BCUT2D eigenvalue weighted by Crippen LogP contribution is -2.51. The van der Waals surface area contributed by atoms with Crippen LogP contribution >= 0.6 is 12.4 Å². The van der Waals surface area contributed by atoms with E-state index >= 15 is 0 Å². The Labute approximate surface area is 210 Å². The molecule has 0 saturated carbocycles. The fourth-order valence-corrected chi connectivity index (χ4v) is 4.18. The number of nitrogens with one attached hydrogen (secondary N) is 1. The van der Waals surface area contributed by atoms with Crippen LogP contribution in [0.5, 0.6) is 17.2 Å². The van der Waals surface area contributed by atoms with Gasteiger partial charge in [-0.25, -0.2) is 0 Å². The Hall–Kier alpha value is -3.49. The number of piperazine rings is 1. The van der Waals surface area contributed by atoms with Gasteiger partial charge in [-0.2, -0.15) is 0 Å². The molecule has 8 nitrogen and oxygen atoms in total. The van der Waals surface area contributed by atoms with Crippen molar-refractivity contribution in [3.05, 3.63) is 66.2 Å². The molecule has 0 radical (unpaired) electrons. The minimum atomic E-state index is -0.141. The van der Waals surface area contributed by atoms with Crippen molar-refractivity contribution in [3.8, 4) is 17.2 Å². The molecule has 2 heterocycles. The number of carbonyl (C=O) groups is 2. The summed E-state index contributed by atoms with van der Waals surface area (Å²) >= 11 is 0. The van der Waals surface area contributed by atoms with Crippen LogP contribution in [0, 0.1) is 0 Å². The minimum Gasteiger partial charge on any atom is -0.484 e. The van der Waals surface area contributed by atoms with Gasteiger partial charge < -0.3 is 24.4 Å². The Kier molecular flexibility index (Phi) is 7.94. The smallest absolute Gasteiger partial charge is 0.260 e. The fourth-order valence-electron chi connectivity index (χ4n) is 4.18. The maximum atomic E-state index is 12.6. The van der Waals surface area contributed by atoms with Crippen LogP contribution in [0.25, 0.3) is 10.8 Å². The van der Waals surface area contributed by atoms with Crippen molar-refractivity contribution >= 4 is 35.0 Å². The topological polar surface area (TPSA) is 80.3 Å². The van der Waals surface area contributed by atoms with Gasteiger partial charge in [0.1, 0.15) is 5.75 Å². The second-order valence-corrected chi connectivity index (χ2v) is 8.34. The molecule has 9 heteroatoms. The molecule has 2 aliphatic rings. The molecular formula is C26H28ClN3O5. The Balaban J connectivity index is 0.00000289. The van der Waals surface area contributed by atoms with Crippen LogP contribution < -0.4 is 19.5 Å². The summed E-state index contributed by atoms with van der Waals surface area (Å²) in [4.78, 5) is 29.1. The lowest BCUT2D eigenvalue weighted by molar-refractivity contribution is -0.135. The van der Waals surface area contributed by atoms with Crippen LogP contribution in [0.3, 0.4) is 0 Å². The molecule has 0 aromatic heterocycles. The monoisotopic (exact) mass is 497 g/mol. The maximum absolute atomic E-state index is 12.6. The quantitative estimate of drug-likeness (QED) is 0.540. The zero-order chi connectivity index (χ0) is 23.3. The van der Waals surface area contributed by atoms with E-state index in [0.29, 0.717) is 42.4 Å². The fraction of sp³-hybridized carbons (Fsp3) is 0.308. The molecule has 3 aromatic rings. The van der Waals surface area contributed by atoms with Gasteiger partial charge >= 0.3 is 0 Å². The van der Waals surface area contributed by atoms with Crippen molar-refractivity contribution in [1.29, 1.82) is 0 Å². The summed E-state index contributed by atoms with van der Waals surface area (Å²) in [7, 11) is 0. The lowest BCUT2D eigenvalue weighted by atomic mass is 10.1. The number of fused-ring (bicyclic) bond motifs is 2. The molecule has 0 spiro atoms. The van der Waals surface area contributed by atoms with E-state index in [9.17, 15) is 9.59 Å². The minimum absolute atomic E-state index is 0. The van der Waals surface area contributed by atoms with Crippen molar-refractivity contribution in [1.82, 2.24) is 15.1 Å². The predicted molar refractivity (Wildman–Crippen MR) is 135 cm³/mol. The number of nitrogens with zero attached hydrogens (tertiary/aromatic N) is 2. The van der Waals surface area contributed by atoms with Crippen molar-refractivity contribution < 1.29 is 23.8 Å². The Morgan fingerprint density at radius 3 is 2.49 bits per heavy atom. The molecule has 1 N–H and O–H groups in total. The van der Waals surface area contributed by atoms with E-state index in [1.807, 2.05) is 47.4 Å². The highest BCUT2D eigenvalue weighted by molar-refractivity contribution is 5.95. The summed E-state index contributed by atoms with van der Waals surface area (Å²) in [6.45, 7) is 4.31. The van der Waals surface area contributed by atoms with Crippen LogP contribution in [0.15, 0.2) is 60.7 Å². The van der Waals surface area contributed by atoms with Crippen LogP contribution in [0.2, 0.25) is 0 Å². The second-order valence-electron chi connectivity index (χ2n) is 8.34. The average Bonchev–Trinajstić information content (AvgIpc) is 3.35. The molecule has 5 rings (SSSR count). The largest absolute Gasteiger partial charge is 0.484 e. The molecule has 1 fully saturated rings. The van der Waals surface area contributed by atoms with E-state index in [1.165, 1.54) is 0 Å². The van der Waals surface area contributed by atoms with Crippen molar-refractivity contribution in [2.45, 2.75) is 0 Å². The van der Waals surface area contributed by atoms with Crippen LogP contribution in [-0.2, 0) is 4.79 Å². The third kappa shape index (κ3) is 5.96. The molecule has 2 aliphatic heterocycles. The van der Waals surface area contributed by atoms with Gasteiger partial charge in [-0.05, 0) is 41.1 Å². The second kappa shape index (κ2) is 11.3. The SMILES string of the molecule is Cl.O=C(NCCN1CCN(C(=O)COc2ccc3ccccc3c2)CC1)c1ccc2c(c1)OCO2. The van der Waals surface area contributed by atoms with E-state index in [1.54, 1.807) is 18.2 Å². The summed E-state index contributed by atoms with van der Waals surface area (Å²) in [6.07, 6.45) is 0. The molecule has 35 heavy (non-hydrogen) atoms. The molecule has 2 amide bonds. The highest BCUT2D eigenvalue weighted by Crippen LogP contribution is 2.32. The predicted octanol–water partition coefficient (Wildman–Crippen LogP) is 2.94. The molecule has 0 atom stereocenters. The number of ether oxygens (including phenoxy) is 3. The zero-order valence-corrected chi connectivity index (χ0v) is 20.1. The molecule has 0 aliphatic carbocycles. The molecule has 0 bridgehead atoms. The average molecular weight is 498 g/mol. The first-order chi connectivity index (χ1) is 16.7. The van der Waals surface area contributed by atoms with E-state index in [2.05, 4.69) is 10.2 Å². The number of amides is 2. The van der Waals surface area contributed by atoms with Gasteiger partial charge in [0.25, 0.3) is 11.8 Å². The first-order valence-electron chi connectivity index (χ1n) is 11.5. The van der Waals surface area contributed by atoms with Crippen LogP contribution in [-0.4, -0.2) is 74.3 Å². The van der Waals surface area contributed by atoms with E-state index in [-0.39, 0.29) is 37.6 Å². The highest BCUT2D eigenvalue weighted by Gasteiger charge is 2.22. The van der Waals surface area contributed by atoms with Gasteiger partial charge in [0.05, 0.1) is 0 Å². The third-order valence-corrected chi connectivity index (χ3v) is 6.16. The summed E-state index contributed by atoms with van der Waals surface area (Å²) < 4.78 is 16.3. The Morgan fingerprint density at radius 2 is 1.66 bits per heavy atom. The number of hydrogen-bond donors (Lipinski definition) is 1. The van der Waals surface area contributed by atoms with Gasteiger partial charge in [0.15, 0.2) is 18.1 Å². The molecule has 1 saturated heterocycles.